The van der Waals surface area contributed by atoms with Gasteiger partial charge in [0.1, 0.15) is 5.82 Å². The predicted molar refractivity (Wildman–Crippen MR) is 72.5 cm³/mol. The van der Waals surface area contributed by atoms with Crippen molar-refractivity contribution < 1.29 is 9.59 Å². The summed E-state index contributed by atoms with van der Waals surface area (Å²) in [5.41, 5.74) is 0. The maximum atomic E-state index is 11.5. The van der Waals surface area contributed by atoms with E-state index in [0.717, 1.165) is 31.5 Å². The number of carbonyl (C=O) groups is 2. The highest BCUT2D eigenvalue weighted by Crippen LogP contribution is 1.99. The van der Waals surface area contributed by atoms with E-state index in [1.165, 1.54) is 6.92 Å². The standard InChI is InChI=1S/C13H22N4O2/c1-11(18)14-7-4-2-3-5-13(19)17-8-6-12-15-9-10-16-12/h9-10H,2-8H2,1H3,(H,14,18)(H,15,16)(H,17,19). The summed E-state index contributed by atoms with van der Waals surface area (Å²) < 4.78 is 0. The maximum absolute atomic E-state index is 11.5. The molecule has 0 saturated heterocycles. The van der Waals surface area contributed by atoms with Crippen molar-refractivity contribution in [1.82, 2.24) is 20.6 Å². The van der Waals surface area contributed by atoms with Gasteiger partial charge in [-0.15, -0.1) is 0 Å². The van der Waals surface area contributed by atoms with Crippen LogP contribution < -0.4 is 10.6 Å². The average Bonchev–Trinajstić information content (AvgIpc) is 2.86. The first kappa shape index (κ1) is 15.2. The Kier molecular flexibility index (Phi) is 7.31. The van der Waals surface area contributed by atoms with Gasteiger partial charge in [0.2, 0.25) is 11.8 Å². The highest BCUT2D eigenvalue weighted by Gasteiger charge is 2.01. The Hall–Kier alpha value is -1.85. The molecule has 0 atom stereocenters. The molecule has 0 aliphatic carbocycles. The van der Waals surface area contributed by atoms with Crippen molar-refractivity contribution in [2.45, 2.75) is 39.0 Å². The van der Waals surface area contributed by atoms with E-state index in [1.807, 2.05) is 0 Å². The van der Waals surface area contributed by atoms with Crippen molar-refractivity contribution in [3.8, 4) is 0 Å². The first-order valence-corrected chi connectivity index (χ1v) is 6.68. The minimum Gasteiger partial charge on any atom is -0.356 e. The summed E-state index contributed by atoms with van der Waals surface area (Å²) >= 11 is 0. The second-order valence-corrected chi connectivity index (χ2v) is 4.43. The molecule has 106 valence electrons. The van der Waals surface area contributed by atoms with E-state index in [4.69, 9.17) is 0 Å². The molecule has 0 radical (unpaired) electrons. The summed E-state index contributed by atoms with van der Waals surface area (Å²) in [6.07, 6.45) is 7.45. The zero-order valence-electron chi connectivity index (χ0n) is 11.4. The van der Waals surface area contributed by atoms with Crippen molar-refractivity contribution in [2.75, 3.05) is 13.1 Å². The third-order valence-electron chi connectivity index (χ3n) is 2.69. The topological polar surface area (TPSA) is 86.9 Å². The molecule has 6 heteroatoms. The Morgan fingerprint density at radius 1 is 1.21 bits per heavy atom. The van der Waals surface area contributed by atoms with Crippen molar-refractivity contribution in [3.63, 3.8) is 0 Å². The van der Waals surface area contributed by atoms with E-state index in [-0.39, 0.29) is 11.8 Å². The number of hydrogen-bond donors (Lipinski definition) is 3. The SMILES string of the molecule is CC(=O)NCCCCCC(=O)NCCc1ncc[nH]1. The Balaban J connectivity index is 1.92. The number of rotatable bonds is 9. The van der Waals surface area contributed by atoms with Crippen LogP contribution in [-0.4, -0.2) is 34.9 Å². The van der Waals surface area contributed by atoms with Crippen LogP contribution >= 0.6 is 0 Å². The number of H-pyrrole nitrogens is 1. The summed E-state index contributed by atoms with van der Waals surface area (Å²) in [5, 5.41) is 5.60. The fourth-order valence-corrected chi connectivity index (χ4v) is 1.70. The summed E-state index contributed by atoms with van der Waals surface area (Å²) in [6.45, 7) is 2.81. The lowest BCUT2D eigenvalue weighted by Crippen LogP contribution is -2.25. The molecule has 0 unspecified atom stereocenters. The van der Waals surface area contributed by atoms with E-state index >= 15 is 0 Å². The molecular weight excluding hydrogens is 244 g/mol. The van der Waals surface area contributed by atoms with Gasteiger partial charge >= 0.3 is 0 Å². The zero-order valence-corrected chi connectivity index (χ0v) is 11.4. The van der Waals surface area contributed by atoms with E-state index in [2.05, 4.69) is 20.6 Å². The average molecular weight is 266 g/mol. The summed E-state index contributed by atoms with van der Waals surface area (Å²) in [4.78, 5) is 29.2. The molecule has 6 nitrogen and oxygen atoms in total. The summed E-state index contributed by atoms with van der Waals surface area (Å²) in [6, 6.07) is 0. The second kappa shape index (κ2) is 9.13. The molecule has 0 aromatic carbocycles. The first-order valence-electron chi connectivity index (χ1n) is 6.68. The van der Waals surface area contributed by atoms with Gasteiger partial charge < -0.3 is 15.6 Å². The van der Waals surface area contributed by atoms with Crippen LogP contribution in [0, 0.1) is 0 Å². The smallest absolute Gasteiger partial charge is 0.220 e. The number of imidazole rings is 1. The molecule has 1 rings (SSSR count). The Labute approximate surface area is 113 Å². The molecule has 0 spiro atoms. The number of hydrogen-bond acceptors (Lipinski definition) is 3. The first-order chi connectivity index (χ1) is 9.18. The van der Waals surface area contributed by atoms with Gasteiger partial charge in [0, 0.05) is 45.2 Å². The Morgan fingerprint density at radius 3 is 2.74 bits per heavy atom. The van der Waals surface area contributed by atoms with E-state index in [0.29, 0.717) is 19.5 Å². The number of aromatic amines is 1. The zero-order chi connectivity index (χ0) is 13.9. The van der Waals surface area contributed by atoms with Gasteiger partial charge in [-0.25, -0.2) is 4.98 Å². The normalized spacial score (nSPS) is 10.2. The summed E-state index contributed by atoms with van der Waals surface area (Å²) in [5.74, 6) is 0.956. The van der Waals surface area contributed by atoms with Crippen molar-refractivity contribution in [3.05, 3.63) is 18.2 Å². The number of amides is 2. The van der Waals surface area contributed by atoms with Gasteiger partial charge in [0.25, 0.3) is 0 Å². The van der Waals surface area contributed by atoms with Crippen LogP contribution in [-0.2, 0) is 16.0 Å². The summed E-state index contributed by atoms with van der Waals surface area (Å²) in [7, 11) is 0. The van der Waals surface area contributed by atoms with Crippen LogP contribution in [0.15, 0.2) is 12.4 Å². The van der Waals surface area contributed by atoms with Crippen LogP contribution in [0.25, 0.3) is 0 Å². The van der Waals surface area contributed by atoms with Gasteiger partial charge in [-0.05, 0) is 12.8 Å². The third-order valence-corrected chi connectivity index (χ3v) is 2.69. The van der Waals surface area contributed by atoms with E-state index < -0.39 is 0 Å². The number of carbonyl (C=O) groups excluding carboxylic acids is 2. The molecule has 19 heavy (non-hydrogen) atoms. The minimum atomic E-state index is -0.00401. The van der Waals surface area contributed by atoms with Crippen LogP contribution in [0.5, 0.6) is 0 Å². The van der Waals surface area contributed by atoms with Gasteiger partial charge in [-0.1, -0.05) is 6.42 Å². The molecule has 0 bridgehead atoms. The van der Waals surface area contributed by atoms with Crippen molar-refractivity contribution in [1.29, 1.82) is 0 Å². The number of nitrogens with one attached hydrogen (secondary N) is 3. The fourth-order valence-electron chi connectivity index (χ4n) is 1.70. The molecule has 3 N–H and O–H groups in total. The van der Waals surface area contributed by atoms with Crippen LogP contribution in [0.3, 0.4) is 0 Å². The van der Waals surface area contributed by atoms with Gasteiger partial charge in [-0.3, -0.25) is 9.59 Å². The molecule has 0 fully saturated rings. The highest BCUT2D eigenvalue weighted by molar-refractivity contribution is 5.75. The van der Waals surface area contributed by atoms with Gasteiger partial charge in [0.05, 0.1) is 0 Å². The molecular formula is C13H22N4O2. The van der Waals surface area contributed by atoms with E-state index in [1.54, 1.807) is 12.4 Å². The number of nitrogens with zero attached hydrogens (tertiary/aromatic N) is 1. The number of aromatic nitrogens is 2. The fraction of sp³-hybridized carbons (Fsp3) is 0.615. The highest BCUT2D eigenvalue weighted by atomic mass is 16.2. The largest absolute Gasteiger partial charge is 0.356 e. The Morgan fingerprint density at radius 2 is 2.05 bits per heavy atom. The van der Waals surface area contributed by atoms with E-state index in [9.17, 15) is 9.59 Å². The predicted octanol–water partition coefficient (Wildman–Crippen LogP) is 0.765. The lowest BCUT2D eigenvalue weighted by Gasteiger charge is -2.04. The molecule has 0 aliphatic rings. The minimum absolute atomic E-state index is 0.00401. The molecule has 0 saturated carbocycles. The number of unbranched alkanes of at least 4 members (excludes halogenated alkanes) is 2. The van der Waals surface area contributed by atoms with Crippen LogP contribution in [0.1, 0.15) is 38.4 Å². The van der Waals surface area contributed by atoms with Crippen LogP contribution in [0.4, 0.5) is 0 Å². The molecule has 1 aromatic rings. The lowest BCUT2D eigenvalue weighted by molar-refractivity contribution is -0.121. The Bertz CT molecular complexity index is 376. The maximum Gasteiger partial charge on any atom is 0.220 e. The van der Waals surface area contributed by atoms with Crippen molar-refractivity contribution in [2.24, 2.45) is 0 Å². The second-order valence-electron chi connectivity index (χ2n) is 4.43. The van der Waals surface area contributed by atoms with Crippen LogP contribution in [0.2, 0.25) is 0 Å². The van der Waals surface area contributed by atoms with Gasteiger partial charge in [0.15, 0.2) is 0 Å². The third kappa shape index (κ3) is 7.96. The molecule has 1 heterocycles. The quantitative estimate of drug-likeness (QED) is 0.577. The monoisotopic (exact) mass is 266 g/mol. The molecule has 1 aromatic heterocycles. The molecule has 0 aliphatic heterocycles. The van der Waals surface area contributed by atoms with Crippen molar-refractivity contribution >= 4 is 11.8 Å². The lowest BCUT2D eigenvalue weighted by atomic mass is 10.2. The van der Waals surface area contributed by atoms with Gasteiger partial charge in [-0.2, -0.15) is 0 Å². The molecule has 2 amide bonds.